The lowest BCUT2D eigenvalue weighted by atomic mass is 9.97. The highest BCUT2D eigenvalue weighted by molar-refractivity contribution is 7.80. The summed E-state index contributed by atoms with van der Waals surface area (Å²) in [6.45, 7) is 9.11. The Balaban J connectivity index is 1.24. The maximum absolute atomic E-state index is 5.67. The summed E-state index contributed by atoms with van der Waals surface area (Å²) >= 11 is 5.67. The fourth-order valence-corrected chi connectivity index (χ4v) is 4.60. The Labute approximate surface area is 189 Å². The van der Waals surface area contributed by atoms with Crippen LogP contribution in [0.5, 0.6) is 0 Å². The van der Waals surface area contributed by atoms with E-state index in [9.17, 15) is 0 Å². The lowest BCUT2D eigenvalue weighted by Crippen LogP contribution is -2.42. The molecule has 0 unspecified atom stereocenters. The predicted octanol–water partition coefficient (Wildman–Crippen LogP) is 3.61. The fraction of sp³-hybridized carbons (Fsp3) is 0.636. The van der Waals surface area contributed by atoms with Crippen molar-refractivity contribution in [1.29, 1.82) is 0 Å². The molecule has 31 heavy (non-hydrogen) atoms. The van der Waals surface area contributed by atoms with Gasteiger partial charge in [-0.1, -0.05) is 22.0 Å². The third-order valence-corrected chi connectivity index (χ3v) is 6.47. The van der Waals surface area contributed by atoms with Crippen molar-refractivity contribution in [2.45, 2.75) is 58.9 Å². The Morgan fingerprint density at radius 3 is 2.77 bits per heavy atom. The van der Waals surface area contributed by atoms with Gasteiger partial charge >= 0.3 is 0 Å². The number of hydrogen-bond donors (Lipinski definition) is 1. The highest BCUT2D eigenvalue weighted by atomic mass is 32.1. The molecular formula is C22H32N6O2S. The molecule has 3 heterocycles. The van der Waals surface area contributed by atoms with Crippen molar-refractivity contribution in [3.05, 3.63) is 28.9 Å². The SMILES string of the molecule is Cc1noc(C)c1-c1nc(CN2CCCN(C(=S)NCCC3=CCCCC3)CC2)no1. The minimum atomic E-state index is 0.473. The lowest BCUT2D eigenvalue weighted by molar-refractivity contribution is 0.266. The van der Waals surface area contributed by atoms with Crippen LogP contribution in [0.3, 0.4) is 0 Å². The summed E-state index contributed by atoms with van der Waals surface area (Å²) in [4.78, 5) is 9.21. The van der Waals surface area contributed by atoms with Gasteiger partial charge in [0.05, 0.1) is 12.2 Å². The molecule has 1 aliphatic carbocycles. The molecule has 0 spiro atoms. The van der Waals surface area contributed by atoms with E-state index in [1.54, 1.807) is 5.57 Å². The minimum Gasteiger partial charge on any atom is -0.362 e. The first kappa shape index (κ1) is 22.0. The third kappa shape index (κ3) is 5.71. The summed E-state index contributed by atoms with van der Waals surface area (Å²) in [5.41, 5.74) is 3.14. The number of hydrogen-bond acceptors (Lipinski definition) is 7. The Morgan fingerprint density at radius 1 is 1.10 bits per heavy atom. The monoisotopic (exact) mass is 444 g/mol. The molecule has 0 saturated carbocycles. The standard InChI is InChI=1S/C22H32N6O2S/c1-16-20(17(2)29-25-16)21-24-19(26-30-21)15-27-11-6-12-28(14-13-27)22(31)23-10-9-18-7-4-3-5-8-18/h7H,3-6,8-15H2,1-2H3,(H,23,31). The first-order valence-corrected chi connectivity index (χ1v) is 11.7. The van der Waals surface area contributed by atoms with Crippen molar-refractivity contribution < 1.29 is 9.05 Å². The van der Waals surface area contributed by atoms with Gasteiger partial charge in [0.25, 0.3) is 5.89 Å². The second-order valence-electron chi connectivity index (χ2n) is 8.42. The number of thiocarbonyl (C=S) groups is 1. The molecule has 0 amide bonds. The zero-order chi connectivity index (χ0) is 21.6. The molecule has 2 aliphatic rings. The van der Waals surface area contributed by atoms with Crippen molar-refractivity contribution in [3.8, 4) is 11.5 Å². The summed E-state index contributed by atoms with van der Waals surface area (Å²) in [5.74, 6) is 1.85. The van der Waals surface area contributed by atoms with Gasteiger partial charge in [-0.15, -0.1) is 0 Å². The second-order valence-corrected chi connectivity index (χ2v) is 8.81. The van der Waals surface area contributed by atoms with E-state index in [0.29, 0.717) is 24.0 Å². The van der Waals surface area contributed by atoms with Crippen molar-refractivity contribution in [3.63, 3.8) is 0 Å². The second kappa shape index (κ2) is 10.4. The quantitative estimate of drug-likeness (QED) is 0.530. The van der Waals surface area contributed by atoms with Gasteiger partial charge in [-0.2, -0.15) is 4.98 Å². The average molecular weight is 445 g/mol. The highest BCUT2D eigenvalue weighted by Crippen LogP contribution is 2.25. The molecule has 168 valence electrons. The molecule has 9 heteroatoms. The lowest BCUT2D eigenvalue weighted by Gasteiger charge is -2.24. The maximum atomic E-state index is 5.67. The first-order valence-electron chi connectivity index (χ1n) is 11.3. The largest absolute Gasteiger partial charge is 0.362 e. The molecule has 0 radical (unpaired) electrons. The molecule has 4 rings (SSSR count). The van der Waals surface area contributed by atoms with E-state index in [0.717, 1.165) is 61.9 Å². The van der Waals surface area contributed by atoms with Crippen LogP contribution < -0.4 is 5.32 Å². The zero-order valence-corrected chi connectivity index (χ0v) is 19.3. The molecule has 0 aromatic carbocycles. The Morgan fingerprint density at radius 2 is 2.00 bits per heavy atom. The van der Waals surface area contributed by atoms with Crippen LogP contribution in [-0.2, 0) is 6.54 Å². The molecular weight excluding hydrogens is 412 g/mol. The molecule has 8 nitrogen and oxygen atoms in total. The zero-order valence-electron chi connectivity index (χ0n) is 18.5. The molecule has 2 aromatic rings. The number of nitrogens with one attached hydrogen (secondary N) is 1. The van der Waals surface area contributed by atoms with E-state index in [1.807, 2.05) is 13.8 Å². The molecule has 0 atom stereocenters. The summed E-state index contributed by atoms with van der Waals surface area (Å²) in [5, 5.41) is 12.5. The van der Waals surface area contributed by atoms with Gasteiger partial charge < -0.3 is 19.3 Å². The maximum Gasteiger partial charge on any atom is 0.263 e. The van der Waals surface area contributed by atoms with Crippen LogP contribution in [0.2, 0.25) is 0 Å². The van der Waals surface area contributed by atoms with Crippen molar-refractivity contribution in [2.75, 3.05) is 32.7 Å². The number of aryl methyl sites for hydroxylation is 2. The van der Waals surface area contributed by atoms with E-state index in [4.69, 9.17) is 21.3 Å². The summed E-state index contributed by atoms with van der Waals surface area (Å²) in [7, 11) is 0. The van der Waals surface area contributed by atoms with Crippen LogP contribution >= 0.6 is 12.2 Å². The normalized spacial score (nSPS) is 18.0. The minimum absolute atomic E-state index is 0.473. The summed E-state index contributed by atoms with van der Waals surface area (Å²) in [6.07, 6.45) is 9.73. The molecule has 1 aliphatic heterocycles. The molecule has 1 N–H and O–H groups in total. The molecule has 2 aromatic heterocycles. The van der Waals surface area contributed by atoms with Gasteiger partial charge in [0.15, 0.2) is 10.9 Å². The van der Waals surface area contributed by atoms with Gasteiger partial charge in [0, 0.05) is 32.7 Å². The van der Waals surface area contributed by atoms with Crippen LogP contribution in [0.4, 0.5) is 0 Å². The Bertz CT molecular complexity index is 901. The smallest absolute Gasteiger partial charge is 0.263 e. The summed E-state index contributed by atoms with van der Waals surface area (Å²) < 4.78 is 10.7. The van der Waals surface area contributed by atoms with Crippen LogP contribution in [0.15, 0.2) is 20.7 Å². The topological polar surface area (TPSA) is 83.5 Å². The molecule has 0 bridgehead atoms. The summed E-state index contributed by atoms with van der Waals surface area (Å²) in [6, 6.07) is 0. The number of allylic oxidation sites excluding steroid dienone is 1. The van der Waals surface area contributed by atoms with E-state index >= 15 is 0 Å². The number of aromatic nitrogens is 3. The van der Waals surface area contributed by atoms with E-state index in [2.05, 4.69) is 36.5 Å². The van der Waals surface area contributed by atoms with Gasteiger partial charge in [0.2, 0.25) is 0 Å². The predicted molar refractivity (Wildman–Crippen MR) is 123 cm³/mol. The van der Waals surface area contributed by atoms with Gasteiger partial charge in [-0.05, 0) is 64.6 Å². The Kier molecular flexibility index (Phi) is 7.34. The van der Waals surface area contributed by atoms with Crippen LogP contribution in [-0.4, -0.2) is 62.9 Å². The van der Waals surface area contributed by atoms with Crippen LogP contribution in [0.1, 0.15) is 55.8 Å². The molecule has 1 saturated heterocycles. The Hall–Kier alpha value is -2.26. The van der Waals surface area contributed by atoms with E-state index in [-0.39, 0.29) is 0 Å². The van der Waals surface area contributed by atoms with Crippen molar-refractivity contribution in [1.82, 2.24) is 30.4 Å². The highest BCUT2D eigenvalue weighted by Gasteiger charge is 2.21. The van der Waals surface area contributed by atoms with E-state index < -0.39 is 0 Å². The van der Waals surface area contributed by atoms with Gasteiger partial charge in [-0.3, -0.25) is 4.90 Å². The number of rotatable bonds is 6. The van der Waals surface area contributed by atoms with Crippen molar-refractivity contribution in [2.24, 2.45) is 0 Å². The average Bonchev–Trinajstić information content (AvgIpc) is 3.27. The molecule has 1 fully saturated rings. The van der Waals surface area contributed by atoms with Gasteiger partial charge in [0.1, 0.15) is 11.3 Å². The van der Waals surface area contributed by atoms with Gasteiger partial charge in [-0.25, -0.2) is 0 Å². The van der Waals surface area contributed by atoms with Crippen LogP contribution in [0.25, 0.3) is 11.5 Å². The van der Waals surface area contributed by atoms with Crippen LogP contribution in [0, 0.1) is 13.8 Å². The fourth-order valence-electron chi connectivity index (χ4n) is 4.31. The van der Waals surface area contributed by atoms with Crippen molar-refractivity contribution >= 4 is 17.3 Å². The third-order valence-electron chi connectivity index (χ3n) is 6.06. The first-order chi connectivity index (χ1) is 15.1. The van der Waals surface area contributed by atoms with E-state index in [1.165, 1.54) is 25.7 Å². The number of nitrogens with zero attached hydrogens (tertiary/aromatic N) is 5.